The largest absolute Gasteiger partial charge is 0.493 e. The first-order valence-corrected chi connectivity index (χ1v) is 12.2. The van der Waals surface area contributed by atoms with E-state index in [0.717, 1.165) is 42.8 Å². The number of rotatable bonds is 7. The number of pyridine rings is 1. The van der Waals surface area contributed by atoms with Crippen LogP contribution in [-0.4, -0.2) is 47.8 Å². The second kappa shape index (κ2) is 8.46. The minimum absolute atomic E-state index is 0.0983. The zero-order valence-electron chi connectivity index (χ0n) is 19.6. The molecule has 3 aromatic rings. The third-order valence-corrected chi connectivity index (χ3v) is 7.61. The fourth-order valence-corrected chi connectivity index (χ4v) is 5.32. The van der Waals surface area contributed by atoms with Gasteiger partial charge in [-0.1, -0.05) is 17.7 Å². The number of aromatic nitrogens is 2. The first-order chi connectivity index (χ1) is 17.0. The Hall–Kier alpha value is -3.23. The number of nitrogens with one attached hydrogen (secondary N) is 3. The Morgan fingerprint density at radius 1 is 1.31 bits per heavy atom. The van der Waals surface area contributed by atoms with Crippen LogP contribution in [0.1, 0.15) is 48.2 Å². The summed E-state index contributed by atoms with van der Waals surface area (Å²) in [5.41, 5.74) is 4.15. The molecule has 8 nitrogen and oxygen atoms in total. The van der Waals surface area contributed by atoms with Crippen molar-refractivity contribution in [1.29, 1.82) is 0 Å². The molecule has 0 bridgehead atoms. The van der Waals surface area contributed by atoms with Gasteiger partial charge in [0.15, 0.2) is 5.75 Å². The van der Waals surface area contributed by atoms with Crippen LogP contribution in [-0.2, 0) is 4.74 Å². The van der Waals surface area contributed by atoms with Gasteiger partial charge in [-0.25, -0.2) is 0 Å². The summed E-state index contributed by atoms with van der Waals surface area (Å²) in [6, 6.07) is 7.54. The Kier molecular flexibility index (Phi) is 5.38. The highest BCUT2D eigenvalue weighted by Crippen LogP contribution is 2.49. The minimum Gasteiger partial charge on any atom is -0.493 e. The number of benzene rings is 1. The number of H-pyrrole nitrogens is 1. The zero-order chi connectivity index (χ0) is 24.2. The lowest BCUT2D eigenvalue weighted by Gasteiger charge is -2.40. The van der Waals surface area contributed by atoms with Gasteiger partial charge in [-0.05, 0) is 38.0 Å². The van der Waals surface area contributed by atoms with Crippen molar-refractivity contribution in [2.45, 2.75) is 43.7 Å². The first-order valence-electron chi connectivity index (χ1n) is 11.8. The fourth-order valence-electron chi connectivity index (χ4n) is 5.06. The van der Waals surface area contributed by atoms with E-state index in [-0.39, 0.29) is 23.5 Å². The molecule has 35 heavy (non-hydrogen) atoms. The number of hydrogen-bond acceptors (Lipinski definition) is 6. The molecule has 3 atom stereocenters. The molecule has 1 aromatic carbocycles. The van der Waals surface area contributed by atoms with E-state index >= 15 is 0 Å². The average Bonchev–Trinajstić information content (AvgIpc) is 3.17. The molecular weight excluding hydrogens is 468 g/mol. The van der Waals surface area contributed by atoms with E-state index in [1.54, 1.807) is 25.6 Å². The SMILES string of the molecule is COc1c(Cl)cccc1Nc1c(-c2ccncc2OCC2(C)CCO2)[nH]c2c1C(=O)NC1CCC21. The summed E-state index contributed by atoms with van der Waals surface area (Å²) in [4.78, 5) is 21.1. The topological polar surface area (TPSA) is 97.5 Å². The van der Waals surface area contributed by atoms with E-state index < -0.39 is 0 Å². The van der Waals surface area contributed by atoms with Crippen molar-refractivity contribution in [3.8, 4) is 22.8 Å². The molecule has 0 radical (unpaired) electrons. The highest BCUT2D eigenvalue weighted by atomic mass is 35.5. The molecule has 2 aromatic heterocycles. The van der Waals surface area contributed by atoms with Crippen LogP contribution in [0, 0.1) is 0 Å². The number of amides is 1. The van der Waals surface area contributed by atoms with E-state index in [4.69, 9.17) is 25.8 Å². The van der Waals surface area contributed by atoms with Gasteiger partial charge in [0.2, 0.25) is 0 Å². The Labute approximate surface area is 208 Å². The number of anilines is 2. The first kappa shape index (κ1) is 22.2. The van der Waals surface area contributed by atoms with Crippen LogP contribution < -0.4 is 20.1 Å². The molecule has 2 fully saturated rings. The van der Waals surface area contributed by atoms with Crippen molar-refractivity contribution in [3.63, 3.8) is 0 Å². The lowest BCUT2D eigenvalue weighted by Crippen LogP contribution is -2.49. The molecule has 6 rings (SSSR count). The lowest BCUT2D eigenvalue weighted by atomic mass is 9.74. The Balaban J connectivity index is 1.47. The second-order valence-electron chi connectivity index (χ2n) is 9.58. The normalized spacial score (nSPS) is 24.4. The van der Waals surface area contributed by atoms with Gasteiger partial charge in [-0.2, -0.15) is 0 Å². The summed E-state index contributed by atoms with van der Waals surface area (Å²) >= 11 is 6.39. The van der Waals surface area contributed by atoms with Crippen LogP contribution >= 0.6 is 11.6 Å². The van der Waals surface area contributed by atoms with Gasteiger partial charge in [0, 0.05) is 35.8 Å². The predicted octanol–water partition coefficient (Wildman–Crippen LogP) is 5.03. The number of methoxy groups -OCH3 is 1. The molecule has 3 N–H and O–H groups in total. The summed E-state index contributed by atoms with van der Waals surface area (Å²) in [5.74, 6) is 1.29. The van der Waals surface area contributed by atoms with Gasteiger partial charge in [-0.15, -0.1) is 0 Å². The van der Waals surface area contributed by atoms with Crippen molar-refractivity contribution < 1.29 is 19.0 Å². The fraction of sp³-hybridized carbons (Fsp3) is 0.385. The Bertz CT molecular complexity index is 1300. The number of fused-ring (bicyclic) bond motifs is 3. The molecule has 2 aliphatic heterocycles. The molecule has 1 saturated carbocycles. The molecule has 182 valence electrons. The van der Waals surface area contributed by atoms with E-state index in [1.807, 2.05) is 25.1 Å². The van der Waals surface area contributed by atoms with Gasteiger partial charge in [0.05, 0.1) is 47.6 Å². The summed E-state index contributed by atoms with van der Waals surface area (Å²) in [5, 5.41) is 7.09. The van der Waals surface area contributed by atoms with Gasteiger partial charge in [-0.3, -0.25) is 9.78 Å². The number of carbonyl (C=O) groups is 1. The number of para-hydroxylation sites is 1. The summed E-state index contributed by atoms with van der Waals surface area (Å²) in [6.45, 7) is 3.21. The molecule has 3 aliphatic rings. The highest BCUT2D eigenvalue weighted by Gasteiger charge is 2.43. The van der Waals surface area contributed by atoms with Crippen LogP contribution in [0.2, 0.25) is 5.02 Å². The Morgan fingerprint density at radius 3 is 2.89 bits per heavy atom. The average molecular weight is 495 g/mol. The summed E-state index contributed by atoms with van der Waals surface area (Å²) in [6.07, 6.45) is 6.38. The molecule has 4 heterocycles. The van der Waals surface area contributed by atoms with E-state index in [9.17, 15) is 4.79 Å². The smallest absolute Gasteiger partial charge is 0.255 e. The third-order valence-electron chi connectivity index (χ3n) is 7.32. The van der Waals surface area contributed by atoms with Crippen LogP contribution in [0.15, 0.2) is 36.7 Å². The number of halogens is 1. The van der Waals surface area contributed by atoms with Crippen LogP contribution in [0.3, 0.4) is 0 Å². The molecule has 0 spiro atoms. The number of ether oxygens (including phenoxy) is 3. The molecular formula is C26H27ClN4O4. The van der Waals surface area contributed by atoms with Crippen molar-refractivity contribution in [2.24, 2.45) is 0 Å². The number of carbonyl (C=O) groups excluding carboxylic acids is 1. The Morgan fingerprint density at radius 2 is 2.17 bits per heavy atom. The standard InChI is InChI=1S/C26H27ClN4O4/c1-26(9-11-35-26)13-34-19-12-28-10-8-15(19)22-23(29-18-5-3-4-16(27)24(18)33-2)20-21(31-22)14-6-7-17(14)30-25(20)32/h3-5,8,10,12,14,17,29,31H,6-7,9,11,13H2,1-2H3,(H,30,32). The summed E-state index contributed by atoms with van der Waals surface area (Å²) < 4.78 is 17.5. The third kappa shape index (κ3) is 3.72. The van der Waals surface area contributed by atoms with E-state index in [0.29, 0.717) is 40.1 Å². The van der Waals surface area contributed by atoms with E-state index in [1.165, 1.54) is 0 Å². The van der Waals surface area contributed by atoms with Crippen LogP contribution in [0.25, 0.3) is 11.3 Å². The van der Waals surface area contributed by atoms with Crippen molar-refractivity contribution in [2.75, 3.05) is 25.6 Å². The van der Waals surface area contributed by atoms with Gasteiger partial charge < -0.3 is 29.8 Å². The zero-order valence-corrected chi connectivity index (χ0v) is 20.4. The summed E-state index contributed by atoms with van der Waals surface area (Å²) in [7, 11) is 1.57. The van der Waals surface area contributed by atoms with Gasteiger partial charge in [0.1, 0.15) is 18.0 Å². The monoisotopic (exact) mass is 494 g/mol. The maximum absolute atomic E-state index is 13.3. The number of nitrogens with zero attached hydrogens (tertiary/aromatic N) is 1. The molecule has 3 unspecified atom stereocenters. The van der Waals surface area contributed by atoms with E-state index in [2.05, 4.69) is 20.6 Å². The molecule has 1 saturated heterocycles. The maximum Gasteiger partial charge on any atom is 0.255 e. The van der Waals surface area contributed by atoms with Crippen molar-refractivity contribution >= 4 is 28.9 Å². The molecule has 1 amide bonds. The maximum atomic E-state index is 13.3. The van der Waals surface area contributed by atoms with Crippen LogP contribution in [0.4, 0.5) is 11.4 Å². The minimum atomic E-state index is -0.295. The van der Waals surface area contributed by atoms with Crippen LogP contribution in [0.5, 0.6) is 11.5 Å². The number of hydrogen-bond donors (Lipinski definition) is 3. The van der Waals surface area contributed by atoms with Crippen molar-refractivity contribution in [1.82, 2.24) is 15.3 Å². The highest BCUT2D eigenvalue weighted by molar-refractivity contribution is 6.32. The van der Waals surface area contributed by atoms with Gasteiger partial charge in [0.25, 0.3) is 5.91 Å². The predicted molar refractivity (Wildman–Crippen MR) is 133 cm³/mol. The molecule has 1 aliphatic carbocycles. The van der Waals surface area contributed by atoms with Crippen molar-refractivity contribution in [3.05, 3.63) is 52.9 Å². The quantitative estimate of drug-likeness (QED) is 0.426. The lowest BCUT2D eigenvalue weighted by molar-refractivity contribution is -0.152. The number of aromatic amines is 1. The second-order valence-corrected chi connectivity index (χ2v) is 9.99. The van der Waals surface area contributed by atoms with Gasteiger partial charge >= 0.3 is 0 Å². The molecule has 9 heteroatoms.